The van der Waals surface area contributed by atoms with Crippen LogP contribution in [0.4, 0.5) is 0 Å². The normalized spacial score (nSPS) is 20.5. The minimum absolute atomic E-state index is 0.171. The molecule has 0 amide bonds. The van der Waals surface area contributed by atoms with Crippen molar-refractivity contribution >= 4 is 159 Å². The fourth-order valence-corrected chi connectivity index (χ4v) is 29.6. The summed E-state index contributed by atoms with van der Waals surface area (Å²) < 4.78 is 22.4. The van der Waals surface area contributed by atoms with Crippen LogP contribution in [0, 0.1) is 0 Å². The first-order valence-electron chi connectivity index (χ1n) is 27.8. The molecule has 6 heterocycles. The van der Waals surface area contributed by atoms with Gasteiger partial charge in [0.25, 0.3) is 0 Å². The van der Waals surface area contributed by atoms with Gasteiger partial charge in [-0.15, -0.1) is 141 Å². The van der Waals surface area contributed by atoms with Gasteiger partial charge in [-0.05, 0) is 164 Å². The summed E-state index contributed by atoms with van der Waals surface area (Å²) in [6.45, 7) is 42.5. The van der Waals surface area contributed by atoms with Crippen LogP contribution in [0.3, 0.4) is 0 Å². The van der Waals surface area contributed by atoms with Gasteiger partial charge in [-0.25, -0.2) is 14.4 Å². The molecule has 0 bridgehead atoms. The van der Waals surface area contributed by atoms with Gasteiger partial charge in [0.2, 0.25) is 0 Å². The van der Waals surface area contributed by atoms with Crippen molar-refractivity contribution in [3.8, 4) is 0 Å². The molecule has 0 atom stereocenters. The highest BCUT2D eigenvalue weighted by molar-refractivity contribution is 8.23. The molecule has 4 N–H and O–H groups in total. The number of benzene rings is 3. The van der Waals surface area contributed by atoms with Gasteiger partial charge in [-0.1, -0.05) is 0 Å². The number of ether oxygens (including phenoxy) is 4. The summed E-state index contributed by atoms with van der Waals surface area (Å²) in [4.78, 5) is 50.2. The number of carbonyl (C=O) groups is 3. The molecule has 0 unspecified atom stereocenters. The van der Waals surface area contributed by atoms with Gasteiger partial charge in [-0.2, -0.15) is 0 Å². The van der Waals surface area contributed by atoms with Crippen molar-refractivity contribution in [1.29, 1.82) is 0 Å². The Balaban J connectivity index is 1.50. The number of aliphatic hydroxyl groups is 1. The molecule has 9 rings (SSSR count). The van der Waals surface area contributed by atoms with Gasteiger partial charge in [0, 0.05) is 102 Å². The minimum atomic E-state index is -2.22. The number of carboxylic acids is 3. The number of carboxylic acid groups (broad SMARTS) is 3. The van der Waals surface area contributed by atoms with Gasteiger partial charge in [-0.3, -0.25) is 0 Å². The number of fused-ring (bicyclic) bond motifs is 6. The molecule has 83 heavy (non-hydrogen) atoms. The summed E-state index contributed by atoms with van der Waals surface area (Å²) >= 11 is 18.4. The van der Waals surface area contributed by atoms with Crippen LogP contribution in [0.25, 0.3) is 0 Å². The molecule has 0 spiro atoms. The molecule has 0 aliphatic carbocycles. The lowest BCUT2D eigenvalue weighted by Crippen LogP contribution is -2.35. The van der Waals surface area contributed by atoms with Crippen LogP contribution in [0.2, 0.25) is 0 Å². The lowest BCUT2D eigenvalue weighted by molar-refractivity contribution is -0.0149. The highest BCUT2D eigenvalue weighted by Crippen LogP contribution is 2.76. The van der Waals surface area contributed by atoms with E-state index in [1.165, 1.54) is 70.6 Å². The Hall–Kier alpha value is 0.0700. The summed E-state index contributed by atoms with van der Waals surface area (Å²) in [7, 11) is 0. The zero-order valence-electron chi connectivity index (χ0n) is 51.2. The van der Waals surface area contributed by atoms with E-state index in [0.29, 0.717) is 128 Å². The lowest BCUT2D eigenvalue weighted by atomic mass is 9.78. The molecule has 3 aromatic rings. The topological polar surface area (TPSA) is 169 Å². The predicted molar refractivity (Wildman–Crippen MR) is 356 cm³/mol. The van der Waals surface area contributed by atoms with Crippen molar-refractivity contribution in [3.63, 3.8) is 0 Å². The van der Waals surface area contributed by atoms with Crippen LogP contribution in [-0.2, 0) is 24.5 Å². The van der Waals surface area contributed by atoms with Crippen LogP contribution in [-0.4, -0.2) is 112 Å². The number of thioether (sulfide) groups is 12. The second-order valence-corrected chi connectivity index (χ2v) is 47.5. The Morgan fingerprint density at radius 1 is 0.325 bits per heavy atom. The lowest BCUT2D eigenvalue weighted by Gasteiger charge is -2.39. The summed E-state index contributed by atoms with van der Waals surface area (Å²) in [6.07, 6.45) is 2.00. The first-order valence-corrected chi connectivity index (χ1v) is 37.6. The smallest absolute Gasteiger partial charge is 0.338 e. The molecule has 458 valence electrons. The first kappa shape index (κ1) is 67.5. The summed E-state index contributed by atoms with van der Waals surface area (Å²) in [5.74, 6) is -3.19. The largest absolute Gasteiger partial charge is 0.478 e. The fourth-order valence-electron chi connectivity index (χ4n) is 10.6. The maximum atomic E-state index is 16.4. The van der Waals surface area contributed by atoms with E-state index < -0.39 is 70.4 Å². The Morgan fingerprint density at radius 2 is 0.494 bits per heavy atom. The summed E-state index contributed by atoms with van der Waals surface area (Å²) in [5.41, 5.74) is -1.89. The van der Waals surface area contributed by atoms with Crippen LogP contribution < -0.4 is 0 Å². The van der Waals surface area contributed by atoms with Crippen LogP contribution in [0.15, 0.2) is 58.7 Å². The average Bonchev–Trinajstić information content (AvgIpc) is 1.62. The average molecular weight is 1360 g/mol. The fraction of sp³-hybridized carbons (Fsp3) is 0.650. The van der Waals surface area contributed by atoms with Crippen LogP contribution in [0.1, 0.15) is 212 Å². The zero-order chi connectivity index (χ0) is 61.6. The molecule has 0 radical (unpaired) electrons. The van der Waals surface area contributed by atoms with Gasteiger partial charge in [0.15, 0.2) is 0 Å². The van der Waals surface area contributed by atoms with Crippen molar-refractivity contribution in [2.75, 3.05) is 26.4 Å². The quantitative estimate of drug-likeness (QED) is 0.0887. The molecule has 11 nitrogen and oxygen atoms in total. The number of rotatable bonds is 18. The van der Waals surface area contributed by atoms with E-state index in [1.54, 1.807) is 70.6 Å². The third kappa shape index (κ3) is 14.0. The second-order valence-electron chi connectivity index (χ2n) is 27.3. The van der Waals surface area contributed by atoms with E-state index in [9.17, 15) is 29.7 Å². The monoisotopic (exact) mass is 1360 g/mol. The van der Waals surface area contributed by atoms with Crippen LogP contribution >= 0.6 is 141 Å². The standard InChI is InChI=1S/C60H80O11S12/c1-50(2,3)68-25-21-58(22-26-69-51(4,5)6)80-39-31(49(65)66)40-46(83-59(81-40,23-27-70-52(7,8)9)24-28-71-53(10,11)12)34(45(39)82-58)60(67,32-41-35(72-54(13,14)76-41)29(47(61)62)36-42(32)77-55(15,16)73-36)33-43-37(74-56(17,18)78-43)30(48(63)64)38-44(33)79-57(19,20)75-38/h67H,21-28H2,1-20H3,(H,61,62)(H,63,64)(H,65,66). The molecule has 0 saturated heterocycles. The molecule has 0 saturated carbocycles. The van der Waals surface area contributed by atoms with Crippen molar-refractivity contribution in [3.05, 3.63) is 33.4 Å². The minimum Gasteiger partial charge on any atom is -0.478 e. The first-order chi connectivity index (χ1) is 37.8. The van der Waals surface area contributed by atoms with E-state index in [0.717, 1.165) is 0 Å². The molecule has 0 fully saturated rings. The zero-order valence-corrected chi connectivity index (χ0v) is 61.0. The van der Waals surface area contributed by atoms with Crippen molar-refractivity contribution in [1.82, 2.24) is 0 Å². The van der Waals surface area contributed by atoms with Crippen LogP contribution in [0.5, 0.6) is 0 Å². The van der Waals surface area contributed by atoms with Crippen molar-refractivity contribution in [2.24, 2.45) is 0 Å². The maximum Gasteiger partial charge on any atom is 0.338 e. The van der Waals surface area contributed by atoms with E-state index in [1.807, 2.05) is 83.1 Å². The maximum absolute atomic E-state index is 16.4. The van der Waals surface area contributed by atoms with Gasteiger partial charge >= 0.3 is 17.9 Å². The number of hydrogen-bond acceptors (Lipinski definition) is 20. The van der Waals surface area contributed by atoms with Crippen molar-refractivity contribution < 1.29 is 53.8 Å². The Labute approximate surface area is 542 Å². The van der Waals surface area contributed by atoms with E-state index in [4.69, 9.17) is 18.9 Å². The molecule has 3 aromatic carbocycles. The number of hydrogen-bond donors (Lipinski definition) is 4. The number of aromatic carboxylic acids is 3. The highest BCUT2D eigenvalue weighted by atomic mass is 32.2. The Bertz CT molecular complexity index is 2850. The third-order valence-electron chi connectivity index (χ3n) is 13.7. The van der Waals surface area contributed by atoms with Gasteiger partial charge in [0.05, 0.1) is 63.6 Å². The van der Waals surface area contributed by atoms with Gasteiger partial charge in [0.1, 0.15) is 5.60 Å². The Kier molecular flexibility index (Phi) is 18.7. The third-order valence-corrected chi connectivity index (χ3v) is 31.9. The molecule has 0 aromatic heterocycles. The second kappa shape index (κ2) is 23.0. The molecular formula is C60H80O11S12. The highest BCUT2D eigenvalue weighted by Gasteiger charge is 2.60. The van der Waals surface area contributed by atoms with Gasteiger partial charge < -0.3 is 39.4 Å². The predicted octanol–water partition coefficient (Wildman–Crippen LogP) is 19.4. The molecule has 6 aliphatic rings. The summed E-state index contributed by atoms with van der Waals surface area (Å²) in [5, 5.41) is 51.4. The Morgan fingerprint density at radius 3 is 0.687 bits per heavy atom. The molecule has 23 heteroatoms. The molecule has 6 aliphatic heterocycles. The SMILES string of the molecule is CC(C)(C)OCCC1(CCOC(C)(C)C)Sc2c(c(C(O)(c3c4c(c(C(=O)O)c5c3SC(C)(C)S5)SC(C)(C)S4)c3c4c(c(C(=O)O)c5c3SC(C)(C)S5)SC(C)(C)S4)c3c(c2C(=O)O)SC(CCOC(C)(C)C)(CCOC(C)(C)C)S3)S1. The van der Waals surface area contributed by atoms with E-state index in [-0.39, 0.29) is 16.7 Å². The summed E-state index contributed by atoms with van der Waals surface area (Å²) in [6, 6.07) is 0. The molecular weight excluding hydrogens is 1280 g/mol. The van der Waals surface area contributed by atoms with E-state index >= 15 is 5.11 Å². The van der Waals surface area contributed by atoms with Crippen molar-refractivity contribution in [2.45, 2.75) is 275 Å². The van der Waals surface area contributed by atoms with E-state index in [2.05, 4.69) is 55.4 Å².